The number of carboxylic acids is 1. The van der Waals surface area contributed by atoms with Gasteiger partial charge in [-0.05, 0) is 29.9 Å². The molecule has 1 rings (SSSR count). The topological polar surface area (TPSA) is 66.4 Å². The van der Waals surface area contributed by atoms with Crippen LogP contribution < -0.4 is 5.32 Å². The fraction of sp³-hybridized carbons (Fsp3) is 0.529. The van der Waals surface area contributed by atoms with Gasteiger partial charge >= 0.3 is 5.97 Å². The number of carbonyl (C=O) groups is 2. The van der Waals surface area contributed by atoms with Crippen LogP contribution in [0.3, 0.4) is 0 Å². The summed E-state index contributed by atoms with van der Waals surface area (Å²) >= 11 is 0. The Kier molecular flexibility index (Phi) is 5.94. The lowest BCUT2D eigenvalue weighted by Crippen LogP contribution is -2.28. The Morgan fingerprint density at radius 2 is 1.86 bits per heavy atom. The molecule has 0 saturated carbocycles. The highest BCUT2D eigenvalue weighted by Crippen LogP contribution is 2.25. The van der Waals surface area contributed by atoms with E-state index in [4.69, 9.17) is 5.11 Å². The zero-order valence-electron chi connectivity index (χ0n) is 13.3. The van der Waals surface area contributed by atoms with E-state index in [-0.39, 0.29) is 17.2 Å². The molecule has 0 radical (unpaired) electrons. The quantitative estimate of drug-likeness (QED) is 0.791. The third-order valence-corrected chi connectivity index (χ3v) is 3.50. The average molecular weight is 291 g/mol. The van der Waals surface area contributed by atoms with Gasteiger partial charge in [-0.15, -0.1) is 0 Å². The van der Waals surface area contributed by atoms with Crippen molar-refractivity contribution in [2.75, 3.05) is 6.54 Å². The SMILES string of the molecule is CC(CCCNC(=O)c1ccccc1C(C)(C)C)C(=O)O. The van der Waals surface area contributed by atoms with E-state index in [2.05, 4.69) is 26.1 Å². The summed E-state index contributed by atoms with van der Waals surface area (Å²) in [6.07, 6.45) is 1.23. The first-order valence-electron chi connectivity index (χ1n) is 7.34. The van der Waals surface area contributed by atoms with Gasteiger partial charge in [0.2, 0.25) is 0 Å². The zero-order valence-corrected chi connectivity index (χ0v) is 13.3. The molecular weight excluding hydrogens is 266 g/mol. The number of rotatable bonds is 6. The van der Waals surface area contributed by atoms with Crippen molar-refractivity contribution in [2.45, 2.75) is 46.0 Å². The summed E-state index contributed by atoms with van der Waals surface area (Å²) in [5, 5.41) is 11.7. The van der Waals surface area contributed by atoms with Gasteiger partial charge in [-0.25, -0.2) is 0 Å². The lowest BCUT2D eigenvalue weighted by atomic mass is 9.83. The first-order valence-corrected chi connectivity index (χ1v) is 7.34. The van der Waals surface area contributed by atoms with Gasteiger partial charge < -0.3 is 10.4 Å². The van der Waals surface area contributed by atoms with E-state index in [0.717, 1.165) is 5.56 Å². The molecule has 116 valence electrons. The summed E-state index contributed by atoms with van der Waals surface area (Å²) in [4.78, 5) is 23.0. The molecule has 0 heterocycles. The van der Waals surface area contributed by atoms with Gasteiger partial charge in [0.15, 0.2) is 0 Å². The second-order valence-corrected chi connectivity index (χ2v) is 6.43. The summed E-state index contributed by atoms with van der Waals surface area (Å²) in [5.41, 5.74) is 1.61. The highest BCUT2D eigenvalue weighted by atomic mass is 16.4. The maximum Gasteiger partial charge on any atom is 0.306 e. The first kappa shape index (κ1) is 17.2. The maximum absolute atomic E-state index is 12.3. The summed E-state index contributed by atoms with van der Waals surface area (Å²) < 4.78 is 0. The molecule has 1 unspecified atom stereocenters. The Hall–Kier alpha value is -1.84. The van der Waals surface area contributed by atoms with Crippen LogP contribution in [-0.4, -0.2) is 23.5 Å². The van der Waals surface area contributed by atoms with E-state index in [0.29, 0.717) is 24.9 Å². The molecule has 0 aromatic heterocycles. The molecule has 1 aromatic rings. The Morgan fingerprint density at radius 1 is 1.24 bits per heavy atom. The van der Waals surface area contributed by atoms with Crippen molar-refractivity contribution in [3.63, 3.8) is 0 Å². The molecule has 21 heavy (non-hydrogen) atoms. The van der Waals surface area contributed by atoms with Crippen molar-refractivity contribution in [3.8, 4) is 0 Å². The van der Waals surface area contributed by atoms with Crippen molar-refractivity contribution in [3.05, 3.63) is 35.4 Å². The van der Waals surface area contributed by atoms with Crippen molar-refractivity contribution >= 4 is 11.9 Å². The molecule has 0 fully saturated rings. The molecule has 1 aromatic carbocycles. The maximum atomic E-state index is 12.3. The Labute approximate surface area is 126 Å². The van der Waals surface area contributed by atoms with Crippen molar-refractivity contribution in [1.82, 2.24) is 5.32 Å². The molecule has 4 nitrogen and oxygen atoms in total. The van der Waals surface area contributed by atoms with Crippen LogP contribution in [0.5, 0.6) is 0 Å². The fourth-order valence-electron chi connectivity index (χ4n) is 2.16. The lowest BCUT2D eigenvalue weighted by Gasteiger charge is -2.22. The Morgan fingerprint density at radius 3 is 2.43 bits per heavy atom. The summed E-state index contributed by atoms with van der Waals surface area (Å²) in [6, 6.07) is 7.60. The van der Waals surface area contributed by atoms with Crippen LogP contribution in [0.25, 0.3) is 0 Å². The van der Waals surface area contributed by atoms with Gasteiger partial charge in [-0.3, -0.25) is 9.59 Å². The van der Waals surface area contributed by atoms with Gasteiger partial charge in [-0.1, -0.05) is 45.9 Å². The van der Waals surface area contributed by atoms with E-state index < -0.39 is 5.97 Å². The van der Waals surface area contributed by atoms with Crippen LogP contribution in [0, 0.1) is 5.92 Å². The van der Waals surface area contributed by atoms with Crippen molar-refractivity contribution < 1.29 is 14.7 Å². The van der Waals surface area contributed by atoms with Crippen molar-refractivity contribution in [2.24, 2.45) is 5.92 Å². The highest BCUT2D eigenvalue weighted by molar-refractivity contribution is 5.96. The minimum absolute atomic E-state index is 0.0915. The number of carboxylic acid groups (broad SMARTS) is 1. The molecule has 4 heteroatoms. The number of carbonyl (C=O) groups excluding carboxylic acids is 1. The minimum Gasteiger partial charge on any atom is -0.481 e. The first-order chi connectivity index (χ1) is 9.73. The van der Waals surface area contributed by atoms with Crippen molar-refractivity contribution in [1.29, 1.82) is 0 Å². The summed E-state index contributed by atoms with van der Waals surface area (Å²) in [7, 11) is 0. The third-order valence-electron chi connectivity index (χ3n) is 3.50. The smallest absolute Gasteiger partial charge is 0.306 e. The Balaban J connectivity index is 2.59. The van der Waals surface area contributed by atoms with Crippen LogP contribution in [0.1, 0.15) is 56.5 Å². The molecular formula is C17H25NO3. The van der Waals surface area contributed by atoms with Gasteiger partial charge in [0, 0.05) is 12.1 Å². The molecule has 0 aliphatic heterocycles. The van der Waals surface area contributed by atoms with Crippen LogP contribution in [0.4, 0.5) is 0 Å². The van der Waals surface area contributed by atoms with E-state index in [9.17, 15) is 9.59 Å². The molecule has 0 aliphatic rings. The lowest BCUT2D eigenvalue weighted by molar-refractivity contribution is -0.141. The number of hydrogen-bond donors (Lipinski definition) is 2. The number of benzene rings is 1. The van der Waals surface area contributed by atoms with Gasteiger partial charge in [0.1, 0.15) is 0 Å². The van der Waals surface area contributed by atoms with Crippen LogP contribution in [-0.2, 0) is 10.2 Å². The second kappa shape index (κ2) is 7.25. The van der Waals surface area contributed by atoms with Crippen LogP contribution >= 0.6 is 0 Å². The number of hydrogen-bond acceptors (Lipinski definition) is 2. The number of amides is 1. The van der Waals surface area contributed by atoms with Crippen LogP contribution in [0.15, 0.2) is 24.3 Å². The van der Waals surface area contributed by atoms with Gasteiger partial charge in [0.05, 0.1) is 5.92 Å². The monoisotopic (exact) mass is 291 g/mol. The van der Waals surface area contributed by atoms with E-state index >= 15 is 0 Å². The molecule has 2 N–H and O–H groups in total. The minimum atomic E-state index is -0.792. The highest BCUT2D eigenvalue weighted by Gasteiger charge is 2.20. The molecule has 0 aliphatic carbocycles. The number of aliphatic carboxylic acids is 1. The molecule has 1 amide bonds. The predicted molar refractivity (Wildman–Crippen MR) is 83.5 cm³/mol. The van der Waals surface area contributed by atoms with E-state index in [1.165, 1.54) is 0 Å². The zero-order chi connectivity index (χ0) is 16.0. The fourth-order valence-corrected chi connectivity index (χ4v) is 2.16. The second-order valence-electron chi connectivity index (χ2n) is 6.43. The van der Waals surface area contributed by atoms with Gasteiger partial charge in [-0.2, -0.15) is 0 Å². The van der Waals surface area contributed by atoms with Crippen LogP contribution in [0.2, 0.25) is 0 Å². The predicted octanol–water partition coefficient (Wildman–Crippen LogP) is 3.21. The summed E-state index contributed by atoms with van der Waals surface area (Å²) in [5.74, 6) is -1.26. The molecule has 1 atom stereocenters. The largest absolute Gasteiger partial charge is 0.481 e. The molecule has 0 saturated heterocycles. The Bertz CT molecular complexity index is 503. The summed E-state index contributed by atoms with van der Waals surface area (Å²) in [6.45, 7) is 8.41. The average Bonchev–Trinajstić information content (AvgIpc) is 2.42. The third kappa shape index (κ3) is 5.21. The number of nitrogens with one attached hydrogen (secondary N) is 1. The normalized spacial score (nSPS) is 12.8. The standard InChI is InChI=1S/C17H25NO3/c1-12(16(20)21)8-7-11-18-15(19)13-9-5-6-10-14(13)17(2,3)4/h5-6,9-10,12H,7-8,11H2,1-4H3,(H,18,19)(H,20,21). The van der Waals surface area contributed by atoms with E-state index in [1.54, 1.807) is 6.92 Å². The molecule has 0 bridgehead atoms. The molecule has 0 spiro atoms. The van der Waals surface area contributed by atoms with E-state index in [1.807, 2.05) is 24.3 Å². The van der Waals surface area contributed by atoms with Gasteiger partial charge in [0.25, 0.3) is 5.91 Å².